The van der Waals surface area contributed by atoms with E-state index in [9.17, 15) is 9.90 Å². The highest BCUT2D eigenvalue weighted by Gasteiger charge is 2.18. The molecule has 0 atom stereocenters. The number of anilines is 1. The number of hydrogen-bond donors (Lipinski definition) is 2. The van der Waals surface area contributed by atoms with Gasteiger partial charge < -0.3 is 5.11 Å². The predicted octanol–water partition coefficient (Wildman–Crippen LogP) is 3.58. The fraction of sp³-hybridized carbons (Fsp3) is 0.286. The number of fused-ring (bicyclic) bond motifs is 1. The molecule has 2 aromatic rings. The van der Waals surface area contributed by atoms with Gasteiger partial charge in [0.2, 0.25) is 0 Å². The van der Waals surface area contributed by atoms with Crippen LogP contribution in [0.5, 0.6) is 5.75 Å². The minimum Gasteiger partial charge on any atom is -0.507 e. The normalized spacial score (nSPS) is 13.8. The van der Waals surface area contributed by atoms with Crippen molar-refractivity contribution in [1.29, 1.82) is 0 Å². The number of nitrogens with zero attached hydrogens (tertiary/aromatic N) is 1. The van der Waals surface area contributed by atoms with Crippen molar-refractivity contribution in [2.24, 2.45) is 0 Å². The first kappa shape index (κ1) is 13.8. The van der Waals surface area contributed by atoms with E-state index in [2.05, 4.69) is 32.9 Å². The summed E-state index contributed by atoms with van der Waals surface area (Å²) in [4.78, 5) is 17.9. The van der Waals surface area contributed by atoms with E-state index >= 15 is 0 Å². The summed E-state index contributed by atoms with van der Waals surface area (Å²) < 4.78 is 0.906. The number of carbonyl (C=O) groups is 1. The molecule has 1 heterocycles. The van der Waals surface area contributed by atoms with E-state index in [0.717, 1.165) is 22.1 Å². The number of phenols is 1. The Morgan fingerprint density at radius 1 is 1.35 bits per heavy atom. The lowest BCUT2D eigenvalue weighted by Gasteiger charge is -2.06. The van der Waals surface area contributed by atoms with Crippen molar-refractivity contribution in [2.75, 3.05) is 5.32 Å². The van der Waals surface area contributed by atoms with Gasteiger partial charge in [-0.2, -0.15) is 0 Å². The molecule has 0 saturated carbocycles. The van der Waals surface area contributed by atoms with Crippen molar-refractivity contribution in [3.63, 3.8) is 0 Å². The van der Waals surface area contributed by atoms with Crippen molar-refractivity contribution >= 4 is 45.0 Å². The maximum absolute atomic E-state index is 12.2. The van der Waals surface area contributed by atoms with Crippen LogP contribution in [0.25, 0.3) is 0 Å². The van der Waals surface area contributed by atoms with Gasteiger partial charge in [-0.3, -0.25) is 10.1 Å². The molecule has 0 bridgehead atoms. The molecule has 0 unspecified atom stereocenters. The molecule has 1 aliphatic carbocycles. The molecule has 20 heavy (non-hydrogen) atoms. The van der Waals surface area contributed by atoms with Gasteiger partial charge in [-0.1, -0.05) is 0 Å². The second-order valence-corrected chi connectivity index (χ2v) is 7.04. The highest BCUT2D eigenvalue weighted by molar-refractivity contribution is 14.1. The third kappa shape index (κ3) is 2.80. The number of nitrogens with one attached hydrogen (secondary N) is 1. The van der Waals surface area contributed by atoms with E-state index in [4.69, 9.17) is 0 Å². The summed E-state index contributed by atoms with van der Waals surface area (Å²) in [6.07, 6.45) is 4.41. The molecule has 0 saturated heterocycles. The molecular weight excluding hydrogens is 387 g/mol. The lowest BCUT2D eigenvalue weighted by atomic mass is 10.0. The van der Waals surface area contributed by atoms with Crippen LogP contribution in [-0.4, -0.2) is 16.0 Å². The molecule has 0 radical (unpaired) electrons. The van der Waals surface area contributed by atoms with E-state index in [-0.39, 0.29) is 17.2 Å². The Morgan fingerprint density at radius 2 is 2.15 bits per heavy atom. The van der Waals surface area contributed by atoms with Gasteiger partial charge in [-0.25, -0.2) is 4.98 Å². The van der Waals surface area contributed by atoms with E-state index in [1.165, 1.54) is 23.8 Å². The molecule has 1 aromatic carbocycles. The van der Waals surface area contributed by atoms with E-state index in [1.54, 1.807) is 23.5 Å². The van der Waals surface area contributed by atoms with Gasteiger partial charge in [0, 0.05) is 8.45 Å². The molecule has 1 aromatic heterocycles. The van der Waals surface area contributed by atoms with Crippen LogP contribution < -0.4 is 5.32 Å². The van der Waals surface area contributed by atoms with Crippen LogP contribution in [0.15, 0.2) is 18.2 Å². The third-order valence-corrected chi connectivity index (χ3v) is 5.01. The van der Waals surface area contributed by atoms with Crippen molar-refractivity contribution < 1.29 is 9.90 Å². The highest BCUT2D eigenvalue weighted by atomic mass is 127. The number of carbonyl (C=O) groups excluding carboxylic acids is 1. The summed E-state index contributed by atoms with van der Waals surface area (Å²) in [5.41, 5.74) is 1.40. The number of amides is 1. The van der Waals surface area contributed by atoms with Crippen LogP contribution in [0.4, 0.5) is 5.13 Å². The topological polar surface area (TPSA) is 62.2 Å². The smallest absolute Gasteiger partial charge is 0.261 e. The molecule has 0 spiro atoms. The van der Waals surface area contributed by atoms with Gasteiger partial charge in [0.05, 0.1) is 11.3 Å². The molecule has 0 aliphatic heterocycles. The largest absolute Gasteiger partial charge is 0.507 e. The number of halogens is 1. The maximum atomic E-state index is 12.2. The maximum Gasteiger partial charge on any atom is 0.261 e. The fourth-order valence-electron chi connectivity index (χ4n) is 2.26. The monoisotopic (exact) mass is 400 g/mol. The summed E-state index contributed by atoms with van der Waals surface area (Å²) in [7, 11) is 0. The standard InChI is InChI=1S/C14H13IN2O2S/c15-8-5-6-11(18)9(7-8)13(19)17-14-16-10-3-1-2-4-12(10)20-14/h5-7,18H,1-4H2,(H,16,17,19). The first-order valence-electron chi connectivity index (χ1n) is 6.42. The Balaban J connectivity index is 1.82. The summed E-state index contributed by atoms with van der Waals surface area (Å²) in [5, 5.41) is 13.2. The molecule has 3 rings (SSSR count). The Kier molecular flexibility index (Phi) is 3.93. The van der Waals surface area contributed by atoms with Gasteiger partial charge in [-0.15, -0.1) is 11.3 Å². The number of aromatic hydroxyl groups is 1. The summed E-state index contributed by atoms with van der Waals surface area (Å²) in [5.74, 6) is -0.323. The minimum atomic E-state index is -0.313. The summed E-state index contributed by atoms with van der Waals surface area (Å²) in [6, 6.07) is 4.96. The molecule has 104 valence electrons. The first-order chi connectivity index (χ1) is 9.63. The average Bonchev–Trinajstić information content (AvgIpc) is 2.83. The molecule has 6 heteroatoms. The molecule has 0 fully saturated rings. The lowest BCUT2D eigenvalue weighted by molar-refractivity contribution is 0.102. The highest BCUT2D eigenvalue weighted by Crippen LogP contribution is 2.30. The number of thiazole rings is 1. The zero-order chi connectivity index (χ0) is 14.1. The van der Waals surface area contributed by atoms with Crippen LogP contribution in [0.3, 0.4) is 0 Å². The Labute approximate surface area is 134 Å². The van der Waals surface area contributed by atoms with Crippen LogP contribution in [0, 0.1) is 3.57 Å². The molecule has 1 amide bonds. The lowest BCUT2D eigenvalue weighted by Crippen LogP contribution is -2.12. The second kappa shape index (κ2) is 5.69. The summed E-state index contributed by atoms with van der Waals surface area (Å²) in [6.45, 7) is 0. The Hall–Kier alpha value is -1.15. The Morgan fingerprint density at radius 3 is 2.95 bits per heavy atom. The van der Waals surface area contributed by atoms with Crippen LogP contribution >= 0.6 is 33.9 Å². The third-order valence-electron chi connectivity index (χ3n) is 3.27. The Bertz CT molecular complexity index is 646. The number of rotatable bonds is 2. The van der Waals surface area contributed by atoms with Crippen LogP contribution in [0.1, 0.15) is 33.8 Å². The van der Waals surface area contributed by atoms with Gasteiger partial charge in [0.1, 0.15) is 5.75 Å². The van der Waals surface area contributed by atoms with E-state index in [1.807, 2.05) is 0 Å². The number of hydrogen-bond acceptors (Lipinski definition) is 4. The fourth-order valence-corrected chi connectivity index (χ4v) is 3.80. The number of phenolic OH excluding ortho intramolecular Hbond substituents is 1. The van der Waals surface area contributed by atoms with Gasteiger partial charge >= 0.3 is 0 Å². The second-order valence-electron chi connectivity index (χ2n) is 4.71. The van der Waals surface area contributed by atoms with E-state index in [0.29, 0.717) is 5.13 Å². The molecular formula is C14H13IN2O2S. The van der Waals surface area contributed by atoms with Gasteiger partial charge in [0.15, 0.2) is 5.13 Å². The van der Waals surface area contributed by atoms with Crippen LogP contribution in [-0.2, 0) is 12.8 Å². The zero-order valence-corrected chi connectivity index (χ0v) is 13.6. The van der Waals surface area contributed by atoms with Crippen molar-refractivity contribution in [3.05, 3.63) is 37.9 Å². The van der Waals surface area contributed by atoms with Crippen molar-refractivity contribution in [1.82, 2.24) is 4.98 Å². The average molecular weight is 400 g/mol. The number of aromatic nitrogens is 1. The van der Waals surface area contributed by atoms with Crippen LogP contribution in [0.2, 0.25) is 0 Å². The van der Waals surface area contributed by atoms with Gasteiger partial charge in [-0.05, 0) is 66.5 Å². The van der Waals surface area contributed by atoms with E-state index < -0.39 is 0 Å². The quantitative estimate of drug-likeness (QED) is 0.758. The molecule has 1 aliphatic rings. The van der Waals surface area contributed by atoms with Crippen molar-refractivity contribution in [2.45, 2.75) is 25.7 Å². The first-order valence-corrected chi connectivity index (χ1v) is 8.31. The predicted molar refractivity (Wildman–Crippen MR) is 87.5 cm³/mol. The summed E-state index contributed by atoms with van der Waals surface area (Å²) >= 11 is 3.65. The minimum absolute atomic E-state index is 0.00997. The molecule has 2 N–H and O–H groups in total. The van der Waals surface area contributed by atoms with Gasteiger partial charge in [0.25, 0.3) is 5.91 Å². The van der Waals surface area contributed by atoms with Crippen molar-refractivity contribution in [3.8, 4) is 5.75 Å². The SMILES string of the molecule is O=C(Nc1nc2c(s1)CCCC2)c1cc(I)ccc1O. The number of aryl methyl sites for hydroxylation is 2. The zero-order valence-electron chi connectivity index (χ0n) is 10.6. The molecule has 4 nitrogen and oxygen atoms in total. The number of benzene rings is 1.